The van der Waals surface area contributed by atoms with Crippen molar-refractivity contribution in [2.75, 3.05) is 4.90 Å². The van der Waals surface area contributed by atoms with Crippen LogP contribution in [0.2, 0.25) is 0 Å². The van der Waals surface area contributed by atoms with Crippen molar-refractivity contribution < 1.29 is 9.59 Å². The maximum Gasteiger partial charge on any atom is 0.253 e. The standard InChI is InChI=1S/C14H16Br2N2O2/c1-4-14(3)13(20)18(8(2)12(19)17-14)11-6-5-9(15)7-10(11)16/h5-8H,4H2,1-3H3,(H,17,19). The van der Waals surface area contributed by atoms with Crippen molar-refractivity contribution in [3.05, 3.63) is 27.1 Å². The first kappa shape index (κ1) is 15.5. The fourth-order valence-corrected chi connectivity index (χ4v) is 3.46. The van der Waals surface area contributed by atoms with Crippen LogP contribution in [0.4, 0.5) is 5.69 Å². The molecule has 0 aliphatic carbocycles. The van der Waals surface area contributed by atoms with Gasteiger partial charge >= 0.3 is 0 Å². The smallest absolute Gasteiger partial charge is 0.253 e. The third-order valence-electron chi connectivity index (χ3n) is 3.73. The molecular formula is C14H16Br2N2O2. The minimum Gasteiger partial charge on any atom is -0.340 e. The van der Waals surface area contributed by atoms with E-state index in [4.69, 9.17) is 0 Å². The molecule has 2 unspecified atom stereocenters. The Morgan fingerprint density at radius 1 is 1.35 bits per heavy atom. The molecular weight excluding hydrogens is 388 g/mol. The summed E-state index contributed by atoms with van der Waals surface area (Å²) in [5, 5.41) is 2.82. The molecule has 6 heteroatoms. The van der Waals surface area contributed by atoms with Crippen molar-refractivity contribution >= 4 is 49.4 Å². The lowest BCUT2D eigenvalue weighted by molar-refractivity contribution is -0.137. The molecule has 20 heavy (non-hydrogen) atoms. The number of nitrogens with one attached hydrogen (secondary N) is 1. The Morgan fingerprint density at radius 2 is 2.00 bits per heavy atom. The van der Waals surface area contributed by atoms with E-state index in [1.165, 1.54) is 0 Å². The number of hydrogen-bond acceptors (Lipinski definition) is 2. The molecule has 1 aromatic rings. The molecule has 1 saturated heterocycles. The Labute approximate surface area is 135 Å². The summed E-state index contributed by atoms with van der Waals surface area (Å²) in [6.45, 7) is 5.39. The van der Waals surface area contributed by atoms with E-state index in [2.05, 4.69) is 37.2 Å². The van der Waals surface area contributed by atoms with Gasteiger partial charge in [0, 0.05) is 8.95 Å². The van der Waals surface area contributed by atoms with Gasteiger partial charge in [-0.05, 0) is 54.4 Å². The number of halogens is 2. The number of piperazine rings is 1. The monoisotopic (exact) mass is 402 g/mol. The fourth-order valence-electron chi connectivity index (χ4n) is 2.22. The first-order valence-corrected chi connectivity index (χ1v) is 7.99. The molecule has 0 saturated carbocycles. The van der Waals surface area contributed by atoms with Crippen LogP contribution in [-0.2, 0) is 9.59 Å². The SMILES string of the molecule is CCC1(C)NC(=O)C(C)N(c2ccc(Br)cc2Br)C1=O. The van der Waals surface area contributed by atoms with Crippen molar-refractivity contribution in [1.82, 2.24) is 5.32 Å². The van der Waals surface area contributed by atoms with Gasteiger partial charge in [-0.2, -0.15) is 0 Å². The fraction of sp³-hybridized carbons (Fsp3) is 0.429. The molecule has 1 fully saturated rings. The molecule has 0 spiro atoms. The highest BCUT2D eigenvalue weighted by molar-refractivity contribution is 9.11. The number of benzene rings is 1. The van der Waals surface area contributed by atoms with Gasteiger partial charge in [0.1, 0.15) is 11.6 Å². The van der Waals surface area contributed by atoms with E-state index in [-0.39, 0.29) is 11.8 Å². The number of rotatable bonds is 2. The summed E-state index contributed by atoms with van der Waals surface area (Å²) < 4.78 is 1.69. The Balaban J connectivity index is 2.51. The van der Waals surface area contributed by atoms with Gasteiger partial charge in [0.2, 0.25) is 5.91 Å². The van der Waals surface area contributed by atoms with Crippen LogP contribution >= 0.6 is 31.9 Å². The molecule has 1 aliphatic rings. The van der Waals surface area contributed by atoms with Crippen LogP contribution in [0, 0.1) is 0 Å². The van der Waals surface area contributed by atoms with Crippen LogP contribution in [-0.4, -0.2) is 23.4 Å². The van der Waals surface area contributed by atoms with E-state index >= 15 is 0 Å². The van der Waals surface area contributed by atoms with E-state index in [0.717, 1.165) is 8.95 Å². The van der Waals surface area contributed by atoms with E-state index in [1.54, 1.807) is 18.7 Å². The molecule has 4 nitrogen and oxygen atoms in total. The zero-order chi connectivity index (χ0) is 15.1. The minimum atomic E-state index is -0.851. The second-order valence-electron chi connectivity index (χ2n) is 5.12. The zero-order valence-corrected chi connectivity index (χ0v) is 14.7. The van der Waals surface area contributed by atoms with E-state index in [0.29, 0.717) is 12.1 Å². The average molecular weight is 404 g/mol. The number of hydrogen-bond donors (Lipinski definition) is 1. The van der Waals surface area contributed by atoms with Gasteiger partial charge < -0.3 is 5.32 Å². The van der Waals surface area contributed by atoms with Crippen molar-refractivity contribution in [3.8, 4) is 0 Å². The molecule has 1 heterocycles. The van der Waals surface area contributed by atoms with Gasteiger partial charge in [-0.3, -0.25) is 14.5 Å². The van der Waals surface area contributed by atoms with Gasteiger partial charge in [-0.1, -0.05) is 22.9 Å². The Kier molecular flexibility index (Phi) is 4.25. The topological polar surface area (TPSA) is 49.4 Å². The molecule has 0 radical (unpaired) electrons. The number of carbonyl (C=O) groups excluding carboxylic acids is 2. The number of nitrogens with zero attached hydrogens (tertiary/aromatic N) is 1. The Bertz CT molecular complexity index is 576. The summed E-state index contributed by atoms with van der Waals surface area (Å²) in [6.07, 6.45) is 0.551. The first-order valence-electron chi connectivity index (χ1n) is 6.41. The lowest BCUT2D eigenvalue weighted by Crippen LogP contribution is -2.68. The molecule has 0 bridgehead atoms. The van der Waals surface area contributed by atoms with Gasteiger partial charge in [0.05, 0.1) is 5.69 Å². The highest BCUT2D eigenvalue weighted by atomic mass is 79.9. The molecule has 1 N–H and O–H groups in total. The van der Waals surface area contributed by atoms with Crippen LogP contribution in [0.25, 0.3) is 0 Å². The largest absolute Gasteiger partial charge is 0.340 e. The van der Waals surface area contributed by atoms with Crippen LogP contribution in [0.5, 0.6) is 0 Å². The Morgan fingerprint density at radius 3 is 2.55 bits per heavy atom. The number of anilines is 1. The molecule has 1 aromatic carbocycles. The van der Waals surface area contributed by atoms with Crippen molar-refractivity contribution in [2.45, 2.75) is 38.8 Å². The third kappa shape index (κ3) is 2.51. The van der Waals surface area contributed by atoms with Gasteiger partial charge in [-0.15, -0.1) is 0 Å². The van der Waals surface area contributed by atoms with Gasteiger partial charge in [0.15, 0.2) is 0 Å². The minimum absolute atomic E-state index is 0.0878. The van der Waals surface area contributed by atoms with E-state index in [1.807, 2.05) is 25.1 Å². The lowest BCUT2D eigenvalue weighted by atomic mass is 9.92. The van der Waals surface area contributed by atoms with Crippen LogP contribution in [0.1, 0.15) is 27.2 Å². The zero-order valence-electron chi connectivity index (χ0n) is 11.5. The maximum absolute atomic E-state index is 12.8. The summed E-state index contributed by atoms with van der Waals surface area (Å²) in [4.78, 5) is 26.5. The second kappa shape index (κ2) is 5.48. The second-order valence-corrected chi connectivity index (χ2v) is 6.89. The summed E-state index contributed by atoms with van der Waals surface area (Å²) in [7, 11) is 0. The highest BCUT2D eigenvalue weighted by Gasteiger charge is 2.46. The summed E-state index contributed by atoms with van der Waals surface area (Å²) in [5.41, 5.74) is -0.143. The van der Waals surface area contributed by atoms with Crippen LogP contribution < -0.4 is 10.2 Å². The van der Waals surface area contributed by atoms with E-state index < -0.39 is 11.6 Å². The molecule has 2 atom stereocenters. The predicted octanol–water partition coefficient (Wildman–Crippen LogP) is 3.23. The van der Waals surface area contributed by atoms with E-state index in [9.17, 15) is 9.59 Å². The number of amides is 2. The van der Waals surface area contributed by atoms with Crippen LogP contribution in [0.15, 0.2) is 27.1 Å². The summed E-state index contributed by atoms with van der Waals surface area (Å²) >= 11 is 6.85. The summed E-state index contributed by atoms with van der Waals surface area (Å²) in [6, 6.07) is 5.03. The quantitative estimate of drug-likeness (QED) is 0.823. The molecule has 108 valence electrons. The average Bonchev–Trinajstić information content (AvgIpc) is 2.39. The third-order valence-corrected chi connectivity index (χ3v) is 4.86. The van der Waals surface area contributed by atoms with Gasteiger partial charge in [0.25, 0.3) is 5.91 Å². The summed E-state index contributed by atoms with van der Waals surface area (Å²) in [5.74, 6) is -0.223. The van der Waals surface area contributed by atoms with Gasteiger partial charge in [-0.25, -0.2) is 0 Å². The first-order chi connectivity index (χ1) is 9.30. The van der Waals surface area contributed by atoms with Crippen molar-refractivity contribution in [1.29, 1.82) is 0 Å². The van der Waals surface area contributed by atoms with Crippen LogP contribution in [0.3, 0.4) is 0 Å². The molecule has 2 amide bonds. The van der Waals surface area contributed by atoms with Crippen molar-refractivity contribution in [2.24, 2.45) is 0 Å². The molecule has 2 rings (SSSR count). The lowest BCUT2D eigenvalue weighted by Gasteiger charge is -2.43. The molecule has 0 aromatic heterocycles. The normalized spacial score (nSPS) is 26.6. The number of carbonyl (C=O) groups is 2. The Hall–Kier alpha value is -0.880. The van der Waals surface area contributed by atoms with Crippen molar-refractivity contribution in [3.63, 3.8) is 0 Å². The maximum atomic E-state index is 12.8. The molecule has 1 aliphatic heterocycles. The highest BCUT2D eigenvalue weighted by Crippen LogP contribution is 2.34. The predicted molar refractivity (Wildman–Crippen MR) is 85.6 cm³/mol.